The zero-order valence-corrected chi connectivity index (χ0v) is 11.7. The highest BCUT2D eigenvalue weighted by Gasteiger charge is 2.54. The van der Waals surface area contributed by atoms with Crippen molar-refractivity contribution in [3.8, 4) is 0 Å². The van der Waals surface area contributed by atoms with E-state index in [1.54, 1.807) is 35.2 Å². The number of para-hydroxylation sites is 1. The van der Waals surface area contributed by atoms with Crippen molar-refractivity contribution in [3.05, 3.63) is 76.1 Å². The summed E-state index contributed by atoms with van der Waals surface area (Å²) in [6.45, 7) is 0. The molecule has 4 nitrogen and oxygen atoms in total. The van der Waals surface area contributed by atoms with Crippen molar-refractivity contribution in [2.24, 2.45) is 0 Å². The van der Waals surface area contributed by atoms with E-state index in [2.05, 4.69) is 0 Å². The highest BCUT2D eigenvalue weighted by atomic mass is 32.1. The molecule has 0 saturated carbocycles. The molecule has 0 amide bonds. The number of anilines is 1. The van der Waals surface area contributed by atoms with Crippen LogP contribution in [0.1, 0.15) is 11.6 Å². The molecule has 0 aliphatic carbocycles. The third-order valence-corrected chi connectivity index (χ3v) is 3.99. The average molecular weight is 302 g/mol. The SMILES string of the molecule is O=[N+]([O-])[C@H]1C(=S)N(c2ccccc2)[C@H]1c1ccccc1F. The fourth-order valence-corrected chi connectivity index (χ4v) is 3.01. The molecule has 2 aromatic carbocycles. The van der Waals surface area contributed by atoms with Crippen LogP contribution in [-0.2, 0) is 0 Å². The van der Waals surface area contributed by atoms with Gasteiger partial charge in [-0.3, -0.25) is 10.1 Å². The lowest BCUT2D eigenvalue weighted by molar-refractivity contribution is -0.512. The average Bonchev–Trinajstić information content (AvgIpc) is 2.46. The lowest BCUT2D eigenvalue weighted by Gasteiger charge is -2.44. The van der Waals surface area contributed by atoms with E-state index in [1.807, 2.05) is 18.2 Å². The monoisotopic (exact) mass is 302 g/mol. The Morgan fingerprint density at radius 2 is 1.71 bits per heavy atom. The molecule has 1 heterocycles. The summed E-state index contributed by atoms with van der Waals surface area (Å²) in [5.41, 5.74) is 1.02. The van der Waals surface area contributed by atoms with Gasteiger partial charge in [-0.15, -0.1) is 0 Å². The van der Waals surface area contributed by atoms with Gasteiger partial charge >= 0.3 is 0 Å². The molecule has 0 radical (unpaired) electrons. The van der Waals surface area contributed by atoms with Crippen LogP contribution in [0.15, 0.2) is 54.6 Å². The molecular formula is C15H11FN2O2S. The minimum Gasteiger partial charge on any atom is -0.315 e. The predicted molar refractivity (Wildman–Crippen MR) is 81.4 cm³/mol. The number of nitro groups is 1. The van der Waals surface area contributed by atoms with E-state index in [0.29, 0.717) is 0 Å². The summed E-state index contributed by atoms with van der Waals surface area (Å²) >= 11 is 5.17. The first kappa shape index (κ1) is 13.6. The van der Waals surface area contributed by atoms with E-state index in [4.69, 9.17) is 12.2 Å². The quantitative estimate of drug-likeness (QED) is 0.495. The van der Waals surface area contributed by atoms with Gasteiger partial charge in [0.15, 0.2) is 4.99 Å². The number of hydrogen-bond donors (Lipinski definition) is 0. The van der Waals surface area contributed by atoms with Crippen molar-refractivity contribution >= 4 is 22.9 Å². The second-order valence-electron chi connectivity index (χ2n) is 4.74. The summed E-state index contributed by atoms with van der Waals surface area (Å²) in [6.07, 6.45) is 0. The molecule has 106 valence electrons. The zero-order valence-electron chi connectivity index (χ0n) is 10.8. The molecule has 2 aromatic rings. The normalized spacial score (nSPS) is 21.0. The van der Waals surface area contributed by atoms with Crippen LogP contribution < -0.4 is 4.90 Å². The van der Waals surface area contributed by atoms with Gasteiger partial charge in [0.1, 0.15) is 11.9 Å². The Balaban J connectivity index is 2.06. The number of rotatable bonds is 3. The molecule has 6 heteroatoms. The van der Waals surface area contributed by atoms with Crippen molar-refractivity contribution in [2.75, 3.05) is 4.90 Å². The Bertz CT molecular complexity index is 708. The molecule has 0 bridgehead atoms. The molecule has 21 heavy (non-hydrogen) atoms. The van der Waals surface area contributed by atoms with Gasteiger partial charge in [0.05, 0.1) is 0 Å². The lowest BCUT2D eigenvalue weighted by Crippen LogP contribution is -2.61. The first-order valence-electron chi connectivity index (χ1n) is 6.37. The first-order valence-corrected chi connectivity index (χ1v) is 6.78. The minimum absolute atomic E-state index is 0.208. The van der Waals surface area contributed by atoms with Crippen molar-refractivity contribution in [3.63, 3.8) is 0 Å². The molecular weight excluding hydrogens is 291 g/mol. The topological polar surface area (TPSA) is 46.4 Å². The molecule has 1 fully saturated rings. The highest BCUT2D eigenvalue weighted by Crippen LogP contribution is 2.42. The second kappa shape index (κ2) is 5.21. The molecule has 1 saturated heterocycles. The fraction of sp³-hybridized carbons (Fsp3) is 0.133. The van der Waals surface area contributed by atoms with Crippen LogP contribution in [0.3, 0.4) is 0 Å². The Kier molecular flexibility index (Phi) is 3.39. The summed E-state index contributed by atoms with van der Waals surface area (Å²) in [5.74, 6) is -0.460. The van der Waals surface area contributed by atoms with Crippen LogP contribution in [0.5, 0.6) is 0 Å². The Morgan fingerprint density at radius 1 is 1.10 bits per heavy atom. The Hall–Kier alpha value is -2.34. The standard InChI is InChI=1S/C15H11FN2O2S/c16-12-9-5-4-8-11(12)13-14(18(19)20)15(21)17(13)10-6-2-1-3-7-10/h1-9,13-14H/t13-,14+/m0/s1. The zero-order chi connectivity index (χ0) is 15.0. The maximum absolute atomic E-state index is 14.0. The predicted octanol–water partition coefficient (Wildman–Crippen LogP) is 3.36. The number of halogens is 1. The van der Waals surface area contributed by atoms with Gasteiger partial charge in [0, 0.05) is 16.2 Å². The number of benzene rings is 2. The van der Waals surface area contributed by atoms with Crippen molar-refractivity contribution in [2.45, 2.75) is 12.1 Å². The third-order valence-electron chi connectivity index (χ3n) is 3.55. The number of thiocarbonyl (C=S) groups is 1. The molecule has 0 N–H and O–H groups in total. The van der Waals surface area contributed by atoms with Gasteiger partial charge in [0.25, 0.3) is 6.04 Å². The van der Waals surface area contributed by atoms with Crippen LogP contribution in [0.4, 0.5) is 10.1 Å². The van der Waals surface area contributed by atoms with E-state index in [-0.39, 0.29) is 10.6 Å². The van der Waals surface area contributed by atoms with E-state index in [0.717, 1.165) is 5.69 Å². The summed E-state index contributed by atoms with van der Waals surface area (Å²) in [6, 6.07) is 13.4. The van der Waals surface area contributed by atoms with E-state index < -0.39 is 22.8 Å². The van der Waals surface area contributed by atoms with Crippen LogP contribution in [0, 0.1) is 15.9 Å². The van der Waals surface area contributed by atoms with Crippen molar-refractivity contribution < 1.29 is 9.31 Å². The Labute approximate surface area is 126 Å². The summed E-state index contributed by atoms with van der Waals surface area (Å²) in [5, 5.41) is 11.2. The van der Waals surface area contributed by atoms with Gasteiger partial charge in [-0.2, -0.15) is 0 Å². The molecule has 0 unspecified atom stereocenters. The summed E-state index contributed by atoms with van der Waals surface area (Å²) in [4.78, 5) is 12.6. The maximum atomic E-state index is 14.0. The molecule has 2 atom stereocenters. The van der Waals surface area contributed by atoms with Gasteiger partial charge in [-0.25, -0.2) is 4.39 Å². The Morgan fingerprint density at radius 3 is 2.33 bits per heavy atom. The maximum Gasteiger partial charge on any atom is 0.287 e. The first-order chi connectivity index (χ1) is 10.1. The van der Waals surface area contributed by atoms with E-state index >= 15 is 0 Å². The molecule has 1 aliphatic heterocycles. The number of hydrogen-bond acceptors (Lipinski definition) is 3. The van der Waals surface area contributed by atoms with Gasteiger partial charge in [-0.1, -0.05) is 48.6 Å². The lowest BCUT2D eigenvalue weighted by atomic mass is 9.88. The van der Waals surface area contributed by atoms with Crippen molar-refractivity contribution in [1.82, 2.24) is 0 Å². The largest absolute Gasteiger partial charge is 0.315 e. The molecule has 0 aromatic heterocycles. The van der Waals surface area contributed by atoms with E-state index in [1.165, 1.54) is 6.07 Å². The van der Waals surface area contributed by atoms with Crippen LogP contribution in [0.2, 0.25) is 0 Å². The van der Waals surface area contributed by atoms with Crippen LogP contribution in [-0.4, -0.2) is 16.0 Å². The summed E-state index contributed by atoms with van der Waals surface area (Å²) < 4.78 is 14.0. The van der Waals surface area contributed by atoms with Crippen LogP contribution in [0.25, 0.3) is 0 Å². The van der Waals surface area contributed by atoms with Crippen molar-refractivity contribution in [1.29, 1.82) is 0 Å². The molecule has 0 spiro atoms. The van der Waals surface area contributed by atoms with E-state index in [9.17, 15) is 14.5 Å². The molecule has 3 rings (SSSR count). The van der Waals surface area contributed by atoms with Gasteiger partial charge in [-0.05, 0) is 18.2 Å². The minimum atomic E-state index is -1.07. The highest BCUT2D eigenvalue weighted by molar-refractivity contribution is 7.80. The summed E-state index contributed by atoms with van der Waals surface area (Å²) in [7, 11) is 0. The fourth-order valence-electron chi connectivity index (χ4n) is 2.58. The smallest absolute Gasteiger partial charge is 0.287 e. The second-order valence-corrected chi connectivity index (χ2v) is 5.16. The molecule has 1 aliphatic rings. The van der Waals surface area contributed by atoms with Gasteiger partial charge < -0.3 is 4.90 Å². The van der Waals surface area contributed by atoms with Gasteiger partial charge in [0.2, 0.25) is 0 Å². The van der Waals surface area contributed by atoms with Crippen LogP contribution >= 0.6 is 12.2 Å². The number of nitrogens with zero attached hydrogens (tertiary/aromatic N) is 2. The third kappa shape index (κ3) is 2.17.